The molecule has 1 N–H and O–H groups in total. The van der Waals surface area contributed by atoms with Gasteiger partial charge in [0, 0.05) is 25.2 Å². The number of hydrogen-bond acceptors (Lipinski definition) is 4. The molecule has 0 aliphatic carbocycles. The number of hydrogen-bond donors (Lipinski definition) is 1. The lowest BCUT2D eigenvalue weighted by Gasteiger charge is -2.21. The van der Waals surface area contributed by atoms with Crippen molar-refractivity contribution < 1.29 is 0 Å². The molecule has 1 aromatic heterocycles. The molecule has 0 spiro atoms. The van der Waals surface area contributed by atoms with Crippen LogP contribution in [0.2, 0.25) is 0 Å². The van der Waals surface area contributed by atoms with Gasteiger partial charge in [0.15, 0.2) is 5.82 Å². The van der Waals surface area contributed by atoms with E-state index in [0.717, 1.165) is 43.0 Å². The summed E-state index contributed by atoms with van der Waals surface area (Å²) in [4.78, 5) is 2.36. The van der Waals surface area contributed by atoms with Crippen LogP contribution in [0.25, 0.3) is 0 Å². The smallest absolute Gasteiger partial charge is 0.151 e. The normalized spacial score (nSPS) is 19.9. The molecule has 20 heavy (non-hydrogen) atoms. The highest BCUT2D eigenvalue weighted by Crippen LogP contribution is 2.26. The Kier molecular flexibility index (Phi) is 4.63. The summed E-state index contributed by atoms with van der Waals surface area (Å²) in [5.74, 6) is 2.56. The Labute approximate surface area is 123 Å². The molecule has 1 atom stereocenters. The second kappa shape index (κ2) is 6.08. The zero-order chi connectivity index (χ0) is 14.8. The van der Waals surface area contributed by atoms with E-state index in [2.05, 4.69) is 67.2 Å². The van der Waals surface area contributed by atoms with E-state index in [1.807, 2.05) is 0 Å². The summed E-state index contributed by atoms with van der Waals surface area (Å²) >= 11 is 0. The third-order valence-corrected chi connectivity index (χ3v) is 4.00. The minimum Gasteiger partial charge on any atom is -0.355 e. The molecule has 0 radical (unpaired) electrons. The first-order valence-corrected chi connectivity index (χ1v) is 7.68. The number of rotatable bonds is 4. The zero-order valence-corrected chi connectivity index (χ0v) is 13.5. The standard InChI is InChI=1S/C16H28N4/c1-12(2)13-8-9-20(11-13)15-7-6-14(18-19-15)10-17-16(3,4)5/h6-7,12-13,17H,8-11H2,1-5H3. The molecule has 0 aromatic carbocycles. The SMILES string of the molecule is CC(C)C1CCN(c2ccc(CNC(C)(C)C)nn2)C1. The Morgan fingerprint density at radius 1 is 1.30 bits per heavy atom. The van der Waals surface area contributed by atoms with Crippen LogP contribution in [0.4, 0.5) is 5.82 Å². The Morgan fingerprint density at radius 2 is 2.05 bits per heavy atom. The van der Waals surface area contributed by atoms with Crippen LogP contribution < -0.4 is 10.2 Å². The lowest BCUT2D eigenvalue weighted by Crippen LogP contribution is -2.35. The van der Waals surface area contributed by atoms with Crippen LogP contribution in [-0.2, 0) is 6.54 Å². The quantitative estimate of drug-likeness (QED) is 0.918. The summed E-state index contributed by atoms with van der Waals surface area (Å²) in [5, 5.41) is 12.2. The molecule has 0 saturated carbocycles. The Morgan fingerprint density at radius 3 is 2.55 bits per heavy atom. The van der Waals surface area contributed by atoms with Crippen molar-refractivity contribution in [1.82, 2.24) is 15.5 Å². The van der Waals surface area contributed by atoms with Gasteiger partial charge in [-0.3, -0.25) is 0 Å². The topological polar surface area (TPSA) is 41.0 Å². The third-order valence-electron chi connectivity index (χ3n) is 4.00. The predicted molar refractivity (Wildman–Crippen MR) is 83.8 cm³/mol. The van der Waals surface area contributed by atoms with Gasteiger partial charge in [-0.25, -0.2) is 0 Å². The van der Waals surface area contributed by atoms with Crippen LogP contribution >= 0.6 is 0 Å². The monoisotopic (exact) mass is 276 g/mol. The van der Waals surface area contributed by atoms with E-state index in [-0.39, 0.29) is 5.54 Å². The number of aromatic nitrogens is 2. The molecule has 1 unspecified atom stereocenters. The van der Waals surface area contributed by atoms with Gasteiger partial charge in [-0.05, 0) is 51.2 Å². The summed E-state index contributed by atoms with van der Waals surface area (Å²) in [5.41, 5.74) is 1.11. The van der Waals surface area contributed by atoms with Gasteiger partial charge < -0.3 is 10.2 Å². The molecule has 0 amide bonds. The highest BCUT2D eigenvalue weighted by molar-refractivity contribution is 5.38. The Balaban J connectivity index is 1.92. The van der Waals surface area contributed by atoms with Crippen LogP contribution in [0.5, 0.6) is 0 Å². The first-order chi connectivity index (χ1) is 9.35. The van der Waals surface area contributed by atoms with E-state index in [0.29, 0.717) is 0 Å². The van der Waals surface area contributed by atoms with Crippen LogP contribution in [-0.4, -0.2) is 28.8 Å². The fourth-order valence-electron chi connectivity index (χ4n) is 2.51. The first kappa shape index (κ1) is 15.2. The molecular formula is C16H28N4. The maximum atomic E-state index is 4.39. The molecule has 112 valence electrons. The van der Waals surface area contributed by atoms with Gasteiger partial charge in [0.05, 0.1) is 5.69 Å². The average Bonchev–Trinajstić information content (AvgIpc) is 2.86. The van der Waals surface area contributed by atoms with Gasteiger partial charge in [-0.2, -0.15) is 5.10 Å². The van der Waals surface area contributed by atoms with Gasteiger partial charge in [0.2, 0.25) is 0 Å². The minimum atomic E-state index is 0.111. The molecule has 2 heterocycles. The van der Waals surface area contributed by atoms with Crippen molar-refractivity contribution in [2.24, 2.45) is 11.8 Å². The molecule has 2 rings (SSSR count). The molecule has 4 nitrogen and oxygen atoms in total. The largest absolute Gasteiger partial charge is 0.355 e. The Bertz CT molecular complexity index is 419. The van der Waals surface area contributed by atoms with Gasteiger partial charge in [-0.1, -0.05) is 13.8 Å². The summed E-state index contributed by atoms with van der Waals surface area (Å²) in [6.45, 7) is 14.1. The highest BCUT2D eigenvalue weighted by atomic mass is 15.3. The van der Waals surface area contributed by atoms with Crippen molar-refractivity contribution >= 4 is 5.82 Å². The lowest BCUT2D eigenvalue weighted by atomic mass is 9.95. The fraction of sp³-hybridized carbons (Fsp3) is 0.750. The molecule has 0 bridgehead atoms. The van der Waals surface area contributed by atoms with Crippen LogP contribution in [0.1, 0.15) is 46.7 Å². The van der Waals surface area contributed by atoms with Crippen molar-refractivity contribution in [2.45, 2.75) is 53.1 Å². The average molecular weight is 276 g/mol. The maximum Gasteiger partial charge on any atom is 0.151 e. The predicted octanol–water partition coefficient (Wildman–Crippen LogP) is 2.85. The van der Waals surface area contributed by atoms with Crippen molar-refractivity contribution in [2.75, 3.05) is 18.0 Å². The van der Waals surface area contributed by atoms with E-state index in [1.165, 1.54) is 6.42 Å². The first-order valence-electron chi connectivity index (χ1n) is 7.68. The van der Waals surface area contributed by atoms with Crippen molar-refractivity contribution in [3.8, 4) is 0 Å². The van der Waals surface area contributed by atoms with E-state index >= 15 is 0 Å². The number of nitrogens with one attached hydrogen (secondary N) is 1. The molecule has 4 heteroatoms. The van der Waals surface area contributed by atoms with Crippen molar-refractivity contribution in [1.29, 1.82) is 0 Å². The third kappa shape index (κ3) is 4.17. The van der Waals surface area contributed by atoms with Gasteiger partial charge >= 0.3 is 0 Å². The molecule has 1 saturated heterocycles. The molecule has 1 aliphatic rings. The van der Waals surface area contributed by atoms with E-state index in [4.69, 9.17) is 0 Å². The van der Waals surface area contributed by atoms with Crippen LogP contribution in [0, 0.1) is 11.8 Å². The van der Waals surface area contributed by atoms with Crippen molar-refractivity contribution in [3.63, 3.8) is 0 Å². The number of anilines is 1. The zero-order valence-electron chi connectivity index (χ0n) is 13.5. The highest BCUT2D eigenvalue weighted by Gasteiger charge is 2.25. The second-order valence-corrected chi connectivity index (χ2v) is 7.23. The second-order valence-electron chi connectivity index (χ2n) is 7.23. The molecule has 1 aliphatic heterocycles. The summed E-state index contributed by atoms with van der Waals surface area (Å²) in [7, 11) is 0. The van der Waals surface area contributed by atoms with Gasteiger partial charge in [-0.15, -0.1) is 5.10 Å². The van der Waals surface area contributed by atoms with E-state index in [1.54, 1.807) is 0 Å². The summed E-state index contributed by atoms with van der Waals surface area (Å²) < 4.78 is 0. The van der Waals surface area contributed by atoms with E-state index < -0.39 is 0 Å². The van der Waals surface area contributed by atoms with Crippen molar-refractivity contribution in [3.05, 3.63) is 17.8 Å². The lowest BCUT2D eigenvalue weighted by molar-refractivity contribution is 0.419. The molecular weight excluding hydrogens is 248 g/mol. The molecule has 1 fully saturated rings. The van der Waals surface area contributed by atoms with Gasteiger partial charge in [0.25, 0.3) is 0 Å². The number of nitrogens with zero attached hydrogens (tertiary/aromatic N) is 3. The van der Waals surface area contributed by atoms with Crippen LogP contribution in [0.15, 0.2) is 12.1 Å². The minimum absolute atomic E-state index is 0.111. The molecule has 1 aromatic rings. The maximum absolute atomic E-state index is 4.39. The van der Waals surface area contributed by atoms with Gasteiger partial charge in [0.1, 0.15) is 0 Å². The summed E-state index contributed by atoms with van der Waals surface area (Å²) in [6, 6.07) is 4.19. The van der Waals surface area contributed by atoms with Crippen LogP contribution in [0.3, 0.4) is 0 Å². The summed E-state index contributed by atoms with van der Waals surface area (Å²) in [6.07, 6.45) is 1.27. The van der Waals surface area contributed by atoms with E-state index in [9.17, 15) is 0 Å². The fourth-order valence-corrected chi connectivity index (χ4v) is 2.51. The Hall–Kier alpha value is -1.16.